The molecule has 7 heteroatoms. The van der Waals surface area contributed by atoms with E-state index in [4.69, 9.17) is 11.6 Å². The molecule has 0 radical (unpaired) electrons. The lowest BCUT2D eigenvalue weighted by molar-refractivity contribution is 0.103. The van der Waals surface area contributed by atoms with Crippen molar-refractivity contribution in [1.29, 1.82) is 0 Å². The third kappa shape index (κ3) is 3.39. The third-order valence-corrected chi connectivity index (χ3v) is 4.63. The predicted octanol–water partition coefficient (Wildman–Crippen LogP) is 4.00. The average Bonchev–Trinajstić information content (AvgIpc) is 3.09. The molecule has 0 spiro atoms. The number of rotatable bonds is 4. The van der Waals surface area contributed by atoms with Crippen LogP contribution in [0.4, 0.5) is 10.1 Å². The molecule has 0 atom stereocenters. The number of halogens is 2. The fourth-order valence-corrected chi connectivity index (χ4v) is 3.04. The van der Waals surface area contributed by atoms with Crippen LogP contribution in [0.2, 0.25) is 5.02 Å². The van der Waals surface area contributed by atoms with Gasteiger partial charge in [0, 0.05) is 16.8 Å². The number of benzene rings is 1. The van der Waals surface area contributed by atoms with Crippen LogP contribution >= 0.6 is 22.9 Å². The Morgan fingerprint density at radius 1 is 1.21 bits per heavy atom. The molecule has 0 saturated carbocycles. The molecule has 0 aliphatic carbocycles. The quantitative estimate of drug-likeness (QED) is 0.762. The van der Waals surface area contributed by atoms with Crippen LogP contribution in [0.15, 0.2) is 58.8 Å². The molecule has 0 unspecified atom stereocenters. The van der Waals surface area contributed by atoms with E-state index < -0.39 is 11.4 Å². The van der Waals surface area contributed by atoms with Crippen molar-refractivity contribution < 1.29 is 9.18 Å². The molecule has 4 nitrogen and oxygen atoms in total. The number of carbonyl (C=O) groups excluding carboxylic acids is 1. The first-order chi connectivity index (χ1) is 11.6. The van der Waals surface area contributed by atoms with Gasteiger partial charge in [-0.2, -0.15) is 0 Å². The van der Waals surface area contributed by atoms with E-state index in [-0.39, 0.29) is 28.7 Å². The van der Waals surface area contributed by atoms with Crippen LogP contribution in [0, 0.1) is 5.82 Å². The van der Waals surface area contributed by atoms with Gasteiger partial charge < -0.3 is 9.88 Å². The Hall–Kier alpha value is -2.44. The Kier molecular flexibility index (Phi) is 4.78. The number of hydrogen-bond donors (Lipinski definition) is 1. The van der Waals surface area contributed by atoms with Crippen molar-refractivity contribution in [3.8, 4) is 0 Å². The molecule has 2 aromatic heterocycles. The number of nitrogens with zero attached hydrogens (tertiary/aromatic N) is 1. The van der Waals surface area contributed by atoms with Crippen LogP contribution in [0.1, 0.15) is 15.2 Å². The minimum atomic E-state index is -0.484. The van der Waals surface area contributed by atoms with Crippen LogP contribution < -0.4 is 10.9 Å². The van der Waals surface area contributed by atoms with E-state index in [0.29, 0.717) is 4.88 Å². The number of aromatic nitrogens is 1. The average molecular weight is 363 g/mol. The Morgan fingerprint density at radius 2 is 2.04 bits per heavy atom. The van der Waals surface area contributed by atoms with Gasteiger partial charge in [0.05, 0.1) is 11.4 Å². The molecule has 0 bridgehead atoms. The van der Waals surface area contributed by atoms with Crippen molar-refractivity contribution in [3.05, 3.63) is 85.7 Å². The van der Waals surface area contributed by atoms with E-state index in [1.165, 1.54) is 40.3 Å². The first-order valence-corrected chi connectivity index (χ1v) is 8.29. The van der Waals surface area contributed by atoms with E-state index >= 15 is 0 Å². The lowest BCUT2D eigenvalue weighted by atomic mass is 10.2. The number of thiophene rings is 1. The predicted molar refractivity (Wildman–Crippen MR) is 93.5 cm³/mol. The van der Waals surface area contributed by atoms with E-state index in [1.54, 1.807) is 29.6 Å². The highest BCUT2D eigenvalue weighted by Gasteiger charge is 2.13. The van der Waals surface area contributed by atoms with Gasteiger partial charge in [0.2, 0.25) is 0 Å². The number of nitrogens with one attached hydrogen (secondary N) is 1. The highest BCUT2D eigenvalue weighted by molar-refractivity contribution is 7.12. The van der Waals surface area contributed by atoms with E-state index in [0.717, 1.165) is 0 Å². The summed E-state index contributed by atoms with van der Waals surface area (Å²) in [4.78, 5) is 25.1. The standard InChI is InChI=1S/C17H12ClFN2O2S/c18-12-4-1-5-13(19)11(12)10-21-8-2-6-14(17(21)23)20-16(22)15-7-3-9-24-15/h1-9H,10H2,(H,20,22). The topological polar surface area (TPSA) is 51.1 Å². The van der Waals surface area contributed by atoms with Crippen molar-refractivity contribution in [2.24, 2.45) is 0 Å². The molecule has 2 heterocycles. The van der Waals surface area contributed by atoms with Gasteiger partial charge in [0.1, 0.15) is 11.5 Å². The SMILES string of the molecule is O=C(Nc1cccn(Cc2c(F)cccc2Cl)c1=O)c1cccs1. The lowest BCUT2D eigenvalue weighted by Gasteiger charge is -2.10. The minimum absolute atomic E-state index is 0.0208. The van der Waals surface area contributed by atoms with Crippen LogP contribution in [0.5, 0.6) is 0 Å². The molecule has 1 amide bonds. The van der Waals surface area contributed by atoms with Gasteiger partial charge in [-0.25, -0.2) is 4.39 Å². The van der Waals surface area contributed by atoms with Gasteiger partial charge in [0.25, 0.3) is 11.5 Å². The summed E-state index contributed by atoms with van der Waals surface area (Å²) >= 11 is 7.28. The van der Waals surface area contributed by atoms with Gasteiger partial charge in [-0.05, 0) is 35.7 Å². The molecular formula is C17H12ClFN2O2S. The summed E-state index contributed by atoms with van der Waals surface area (Å²) in [5.41, 5.74) is -0.0758. The molecule has 1 aromatic carbocycles. The molecule has 0 aliphatic rings. The van der Waals surface area contributed by atoms with Gasteiger partial charge in [-0.1, -0.05) is 23.7 Å². The highest BCUT2D eigenvalue weighted by Crippen LogP contribution is 2.19. The second-order valence-electron chi connectivity index (χ2n) is 4.99. The second-order valence-corrected chi connectivity index (χ2v) is 6.34. The minimum Gasteiger partial charge on any atom is -0.317 e. The van der Waals surface area contributed by atoms with E-state index in [1.807, 2.05) is 0 Å². The zero-order chi connectivity index (χ0) is 17.1. The highest BCUT2D eigenvalue weighted by atomic mass is 35.5. The summed E-state index contributed by atoms with van der Waals surface area (Å²) in [5, 5.41) is 4.60. The summed E-state index contributed by atoms with van der Waals surface area (Å²) in [6.45, 7) is -0.0208. The summed E-state index contributed by atoms with van der Waals surface area (Å²) < 4.78 is 15.2. The molecule has 0 fully saturated rings. The fraction of sp³-hybridized carbons (Fsp3) is 0.0588. The lowest BCUT2D eigenvalue weighted by Crippen LogP contribution is -2.25. The largest absolute Gasteiger partial charge is 0.317 e. The Bertz CT molecular complexity index is 918. The number of amides is 1. The molecule has 3 rings (SSSR count). The van der Waals surface area contributed by atoms with Crippen molar-refractivity contribution >= 4 is 34.5 Å². The van der Waals surface area contributed by atoms with Gasteiger partial charge in [-0.3, -0.25) is 9.59 Å². The van der Waals surface area contributed by atoms with Crippen LogP contribution in [-0.4, -0.2) is 10.5 Å². The Labute approximate surface area is 146 Å². The summed E-state index contributed by atoms with van der Waals surface area (Å²) in [6.07, 6.45) is 1.52. The van der Waals surface area contributed by atoms with Crippen molar-refractivity contribution in [2.75, 3.05) is 5.32 Å². The first-order valence-electron chi connectivity index (χ1n) is 7.03. The summed E-state index contributed by atoms with van der Waals surface area (Å²) in [6, 6.07) is 10.9. The number of hydrogen-bond acceptors (Lipinski definition) is 3. The van der Waals surface area contributed by atoms with Crippen molar-refractivity contribution in [3.63, 3.8) is 0 Å². The molecule has 3 aromatic rings. The summed E-state index contributed by atoms with van der Waals surface area (Å²) in [5.74, 6) is -0.841. The zero-order valence-electron chi connectivity index (χ0n) is 12.3. The van der Waals surface area contributed by atoms with E-state index in [9.17, 15) is 14.0 Å². The number of carbonyl (C=O) groups is 1. The first kappa shape index (κ1) is 16.4. The molecule has 0 aliphatic heterocycles. The number of anilines is 1. The van der Waals surface area contributed by atoms with E-state index in [2.05, 4.69) is 5.32 Å². The fourth-order valence-electron chi connectivity index (χ4n) is 2.20. The van der Waals surface area contributed by atoms with Gasteiger partial charge >= 0.3 is 0 Å². The maximum absolute atomic E-state index is 13.9. The molecule has 1 N–H and O–H groups in total. The maximum atomic E-state index is 13.9. The molecule has 0 saturated heterocycles. The second kappa shape index (κ2) is 6.98. The van der Waals surface area contributed by atoms with Crippen LogP contribution in [0.25, 0.3) is 0 Å². The smallest absolute Gasteiger partial charge is 0.274 e. The van der Waals surface area contributed by atoms with Gasteiger partial charge in [-0.15, -0.1) is 11.3 Å². The number of pyridine rings is 1. The maximum Gasteiger partial charge on any atom is 0.274 e. The Morgan fingerprint density at radius 3 is 2.75 bits per heavy atom. The normalized spacial score (nSPS) is 10.6. The zero-order valence-corrected chi connectivity index (χ0v) is 13.9. The Balaban J connectivity index is 1.89. The van der Waals surface area contributed by atoms with Crippen molar-refractivity contribution in [2.45, 2.75) is 6.54 Å². The van der Waals surface area contributed by atoms with Crippen LogP contribution in [-0.2, 0) is 6.54 Å². The molecule has 122 valence electrons. The van der Waals surface area contributed by atoms with Gasteiger partial charge in [0.15, 0.2) is 0 Å². The molecular weight excluding hydrogens is 351 g/mol. The molecule has 24 heavy (non-hydrogen) atoms. The third-order valence-electron chi connectivity index (χ3n) is 3.40. The van der Waals surface area contributed by atoms with Crippen LogP contribution in [0.3, 0.4) is 0 Å². The van der Waals surface area contributed by atoms with Crippen molar-refractivity contribution in [1.82, 2.24) is 4.57 Å². The monoisotopic (exact) mass is 362 g/mol. The summed E-state index contributed by atoms with van der Waals surface area (Å²) in [7, 11) is 0.